The van der Waals surface area contributed by atoms with Crippen LogP contribution in [-0.2, 0) is 13.1 Å². The van der Waals surface area contributed by atoms with Gasteiger partial charge < -0.3 is 15.2 Å². The minimum Gasteiger partial charge on any atom is -0.383 e. The van der Waals surface area contributed by atoms with Gasteiger partial charge in [0.25, 0.3) is 0 Å². The van der Waals surface area contributed by atoms with Gasteiger partial charge in [-0.2, -0.15) is 0 Å². The average molecular weight is 245 g/mol. The first-order chi connectivity index (χ1) is 8.66. The van der Waals surface area contributed by atoms with Gasteiger partial charge in [0.15, 0.2) is 0 Å². The first kappa shape index (κ1) is 12.6. The van der Waals surface area contributed by atoms with Crippen LogP contribution in [0.4, 0.5) is 5.82 Å². The molecule has 0 saturated heterocycles. The maximum Gasteiger partial charge on any atom is 0.127 e. The van der Waals surface area contributed by atoms with Crippen LogP contribution in [-0.4, -0.2) is 33.0 Å². The van der Waals surface area contributed by atoms with Crippen LogP contribution in [0.2, 0.25) is 0 Å². The number of anilines is 1. The summed E-state index contributed by atoms with van der Waals surface area (Å²) < 4.78 is 2.14. The first-order valence-corrected chi connectivity index (χ1v) is 6.02. The zero-order valence-corrected chi connectivity index (χ0v) is 10.9. The molecular formula is C13H19N5. The molecule has 5 heteroatoms. The molecule has 0 aliphatic carbocycles. The first-order valence-electron chi connectivity index (χ1n) is 6.02. The standard InChI is InChI=1S/C13H19N5/c1-11-15-6-7-18(11)9-8-17(2)10-12-4-3-5-16-13(12)14/h3-7H,8-10H2,1-2H3,(H2,14,16). The van der Waals surface area contributed by atoms with E-state index in [4.69, 9.17) is 5.73 Å². The lowest BCUT2D eigenvalue weighted by Crippen LogP contribution is -2.23. The van der Waals surface area contributed by atoms with Crippen LogP contribution >= 0.6 is 0 Å². The molecular weight excluding hydrogens is 226 g/mol. The van der Waals surface area contributed by atoms with Crippen molar-refractivity contribution in [2.24, 2.45) is 0 Å². The highest BCUT2D eigenvalue weighted by Gasteiger charge is 2.05. The van der Waals surface area contributed by atoms with Crippen molar-refractivity contribution in [1.82, 2.24) is 19.4 Å². The molecule has 0 radical (unpaired) electrons. The van der Waals surface area contributed by atoms with Crippen LogP contribution in [0.25, 0.3) is 0 Å². The molecule has 2 aromatic heterocycles. The molecule has 0 aliphatic heterocycles. The van der Waals surface area contributed by atoms with E-state index in [-0.39, 0.29) is 0 Å². The quantitative estimate of drug-likeness (QED) is 0.862. The molecule has 0 atom stereocenters. The number of aryl methyl sites for hydroxylation is 1. The molecule has 18 heavy (non-hydrogen) atoms. The molecule has 0 unspecified atom stereocenters. The summed E-state index contributed by atoms with van der Waals surface area (Å²) in [6.07, 6.45) is 5.55. The molecule has 0 bridgehead atoms. The van der Waals surface area contributed by atoms with Crippen molar-refractivity contribution in [3.63, 3.8) is 0 Å². The van der Waals surface area contributed by atoms with Crippen LogP contribution in [0.15, 0.2) is 30.7 Å². The van der Waals surface area contributed by atoms with Gasteiger partial charge in [-0.1, -0.05) is 6.07 Å². The van der Waals surface area contributed by atoms with Crippen molar-refractivity contribution in [2.75, 3.05) is 19.3 Å². The molecule has 0 aliphatic rings. The van der Waals surface area contributed by atoms with Gasteiger partial charge in [0.05, 0.1) is 0 Å². The third kappa shape index (κ3) is 3.07. The molecule has 0 spiro atoms. The van der Waals surface area contributed by atoms with Crippen LogP contribution in [0.1, 0.15) is 11.4 Å². The third-order valence-electron chi connectivity index (χ3n) is 3.01. The lowest BCUT2D eigenvalue weighted by molar-refractivity contribution is 0.310. The lowest BCUT2D eigenvalue weighted by Gasteiger charge is -2.18. The fraction of sp³-hybridized carbons (Fsp3) is 0.385. The second-order valence-electron chi connectivity index (χ2n) is 4.45. The summed E-state index contributed by atoms with van der Waals surface area (Å²) in [5.74, 6) is 1.66. The number of likely N-dealkylation sites (N-methyl/N-ethyl adjacent to an activating group) is 1. The van der Waals surface area contributed by atoms with Crippen molar-refractivity contribution < 1.29 is 0 Å². The molecule has 2 aromatic rings. The van der Waals surface area contributed by atoms with E-state index in [9.17, 15) is 0 Å². The van der Waals surface area contributed by atoms with E-state index in [0.717, 1.165) is 31.0 Å². The van der Waals surface area contributed by atoms with Gasteiger partial charge in [0.1, 0.15) is 11.6 Å². The minimum absolute atomic E-state index is 0.614. The SMILES string of the molecule is Cc1nccn1CCN(C)Cc1cccnc1N. The van der Waals surface area contributed by atoms with Gasteiger partial charge in [-0.25, -0.2) is 9.97 Å². The zero-order valence-electron chi connectivity index (χ0n) is 10.9. The molecule has 96 valence electrons. The summed E-state index contributed by atoms with van der Waals surface area (Å²) in [6.45, 7) is 4.71. The Morgan fingerprint density at radius 3 is 2.83 bits per heavy atom. The molecule has 2 N–H and O–H groups in total. The van der Waals surface area contributed by atoms with E-state index >= 15 is 0 Å². The Kier molecular flexibility index (Phi) is 3.94. The highest BCUT2D eigenvalue weighted by molar-refractivity contribution is 5.38. The van der Waals surface area contributed by atoms with Crippen LogP contribution in [0.5, 0.6) is 0 Å². The number of pyridine rings is 1. The number of rotatable bonds is 5. The highest BCUT2D eigenvalue weighted by atomic mass is 15.1. The molecule has 0 amide bonds. The largest absolute Gasteiger partial charge is 0.383 e. The van der Waals surface area contributed by atoms with E-state index in [1.54, 1.807) is 6.20 Å². The highest BCUT2D eigenvalue weighted by Crippen LogP contribution is 2.09. The molecule has 2 heterocycles. The van der Waals surface area contributed by atoms with E-state index in [0.29, 0.717) is 5.82 Å². The fourth-order valence-electron chi connectivity index (χ4n) is 1.87. The van der Waals surface area contributed by atoms with Crippen molar-refractivity contribution in [3.05, 3.63) is 42.1 Å². The second-order valence-corrected chi connectivity index (χ2v) is 4.45. The topological polar surface area (TPSA) is 60.0 Å². The van der Waals surface area contributed by atoms with Crippen molar-refractivity contribution >= 4 is 5.82 Å². The maximum atomic E-state index is 5.83. The predicted molar refractivity (Wildman–Crippen MR) is 71.9 cm³/mol. The predicted octanol–water partition coefficient (Wildman–Crippen LogP) is 1.30. The van der Waals surface area contributed by atoms with Crippen molar-refractivity contribution in [1.29, 1.82) is 0 Å². The number of imidazole rings is 1. The van der Waals surface area contributed by atoms with Gasteiger partial charge >= 0.3 is 0 Å². The third-order valence-corrected chi connectivity index (χ3v) is 3.01. The number of nitrogens with zero attached hydrogens (tertiary/aromatic N) is 4. The summed E-state index contributed by atoms with van der Waals surface area (Å²) >= 11 is 0. The minimum atomic E-state index is 0.614. The summed E-state index contributed by atoms with van der Waals surface area (Å²) in [5.41, 5.74) is 6.90. The monoisotopic (exact) mass is 245 g/mol. The van der Waals surface area contributed by atoms with Crippen LogP contribution in [0, 0.1) is 6.92 Å². The Labute approximate surface area is 107 Å². The smallest absolute Gasteiger partial charge is 0.127 e. The van der Waals surface area contributed by atoms with E-state index in [1.165, 1.54) is 0 Å². The number of nitrogen functional groups attached to an aromatic ring is 1. The number of hydrogen-bond acceptors (Lipinski definition) is 4. The van der Waals surface area contributed by atoms with E-state index in [2.05, 4.69) is 26.5 Å². The van der Waals surface area contributed by atoms with Crippen LogP contribution < -0.4 is 5.73 Å². The second kappa shape index (κ2) is 5.64. The fourth-order valence-corrected chi connectivity index (χ4v) is 1.87. The normalized spacial score (nSPS) is 11.1. The Bertz CT molecular complexity index is 506. The molecule has 0 aromatic carbocycles. The van der Waals surface area contributed by atoms with E-state index in [1.807, 2.05) is 31.5 Å². The summed E-state index contributed by atoms with van der Waals surface area (Å²) in [4.78, 5) is 10.5. The summed E-state index contributed by atoms with van der Waals surface area (Å²) in [5, 5.41) is 0. The maximum absolute atomic E-state index is 5.83. The zero-order chi connectivity index (χ0) is 13.0. The van der Waals surface area contributed by atoms with Gasteiger partial charge in [-0.3, -0.25) is 0 Å². The lowest BCUT2D eigenvalue weighted by atomic mass is 10.2. The number of hydrogen-bond donors (Lipinski definition) is 1. The summed E-state index contributed by atoms with van der Waals surface area (Å²) in [6, 6.07) is 3.93. The van der Waals surface area contributed by atoms with E-state index < -0.39 is 0 Å². The molecule has 0 fully saturated rings. The molecule has 0 saturated carbocycles. The Morgan fingerprint density at radius 2 is 2.17 bits per heavy atom. The molecule has 5 nitrogen and oxygen atoms in total. The van der Waals surface area contributed by atoms with Crippen molar-refractivity contribution in [2.45, 2.75) is 20.0 Å². The van der Waals surface area contributed by atoms with Crippen LogP contribution in [0.3, 0.4) is 0 Å². The summed E-state index contributed by atoms with van der Waals surface area (Å²) in [7, 11) is 2.08. The number of nitrogens with two attached hydrogens (primary N) is 1. The Hall–Kier alpha value is -1.88. The average Bonchev–Trinajstić information content (AvgIpc) is 2.75. The Morgan fingerprint density at radius 1 is 1.33 bits per heavy atom. The Balaban J connectivity index is 1.88. The van der Waals surface area contributed by atoms with Gasteiger partial charge in [0, 0.05) is 43.8 Å². The van der Waals surface area contributed by atoms with Gasteiger partial charge in [0.2, 0.25) is 0 Å². The van der Waals surface area contributed by atoms with Crippen molar-refractivity contribution in [3.8, 4) is 0 Å². The van der Waals surface area contributed by atoms with Gasteiger partial charge in [-0.05, 0) is 20.0 Å². The molecule has 2 rings (SSSR count). The van der Waals surface area contributed by atoms with Gasteiger partial charge in [-0.15, -0.1) is 0 Å². The number of aromatic nitrogens is 3.